The number of anilines is 2. The number of benzene rings is 2. The highest BCUT2D eigenvalue weighted by molar-refractivity contribution is 6.39. The molecule has 0 aliphatic heterocycles. The Morgan fingerprint density at radius 2 is 1.90 bits per heavy atom. The number of rotatable bonds is 4. The van der Waals surface area contributed by atoms with Gasteiger partial charge in [0.05, 0.1) is 27.0 Å². The number of carboxylic acid groups (broad SMARTS) is 1. The molecule has 0 saturated carbocycles. The maximum absolute atomic E-state index is 11.2. The Morgan fingerprint density at radius 1 is 1.20 bits per heavy atom. The first-order valence-electron chi connectivity index (χ1n) is 6.10. The van der Waals surface area contributed by atoms with Crippen LogP contribution in [0, 0.1) is 0 Å². The Morgan fingerprint density at radius 3 is 2.55 bits per heavy atom. The van der Waals surface area contributed by atoms with Gasteiger partial charge in [-0.3, -0.25) is 0 Å². The molecule has 0 saturated heterocycles. The summed E-state index contributed by atoms with van der Waals surface area (Å²) in [7, 11) is 0. The fourth-order valence-corrected chi connectivity index (χ4v) is 2.50. The molecule has 0 amide bonds. The molecule has 0 aliphatic rings. The van der Waals surface area contributed by atoms with E-state index in [1.165, 1.54) is 6.07 Å². The molecule has 2 aromatic carbocycles. The summed E-state index contributed by atoms with van der Waals surface area (Å²) in [5.41, 5.74) is 2.10. The normalized spacial score (nSPS) is 10.3. The van der Waals surface area contributed by atoms with Gasteiger partial charge in [-0.25, -0.2) is 4.79 Å². The minimum atomic E-state index is -1.01. The van der Waals surface area contributed by atoms with Crippen molar-refractivity contribution in [2.24, 2.45) is 0 Å². The first-order valence-corrected chi connectivity index (χ1v) is 6.86. The number of nitrogens with one attached hydrogen (secondary N) is 1. The highest BCUT2D eigenvalue weighted by Gasteiger charge is 2.14. The van der Waals surface area contributed by atoms with Crippen molar-refractivity contribution >= 4 is 40.5 Å². The summed E-state index contributed by atoms with van der Waals surface area (Å²) in [5, 5.41) is 13.2. The van der Waals surface area contributed by atoms with Gasteiger partial charge in [-0.05, 0) is 30.2 Å². The molecule has 5 heteroatoms. The predicted molar refractivity (Wildman–Crippen MR) is 82.5 cm³/mol. The van der Waals surface area contributed by atoms with Crippen molar-refractivity contribution in [2.45, 2.75) is 13.3 Å². The smallest absolute Gasteiger partial charge is 0.337 e. The number of halogens is 2. The van der Waals surface area contributed by atoms with Crippen molar-refractivity contribution in [3.05, 3.63) is 57.6 Å². The van der Waals surface area contributed by atoms with Crippen LogP contribution in [0.5, 0.6) is 0 Å². The van der Waals surface area contributed by atoms with Gasteiger partial charge in [0.15, 0.2) is 0 Å². The van der Waals surface area contributed by atoms with Crippen LogP contribution in [0.2, 0.25) is 10.0 Å². The summed E-state index contributed by atoms with van der Waals surface area (Å²) in [5.74, 6) is -1.01. The lowest BCUT2D eigenvalue weighted by molar-refractivity contribution is 0.0698. The van der Waals surface area contributed by atoms with Crippen LogP contribution >= 0.6 is 23.2 Å². The van der Waals surface area contributed by atoms with Crippen molar-refractivity contribution in [3.63, 3.8) is 0 Å². The van der Waals surface area contributed by atoms with E-state index in [0.29, 0.717) is 21.4 Å². The van der Waals surface area contributed by atoms with Gasteiger partial charge in [-0.1, -0.05) is 48.3 Å². The Hall–Kier alpha value is -1.71. The molecule has 0 fully saturated rings. The zero-order chi connectivity index (χ0) is 14.7. The van der Waals surface area contributed by atoms with E-state index in [4.69, 9.17) is 23.2 Å². The first kappa shape index (κ1) is 14.7. The number of hydrogen-bond donors (Lipinski definition) is 2. The van der Waals surface area contributed by atoms with E-state index >= 15 is 0 Å². The van der Waals surface area contributed by atoms with Crippen LogP contribution in [0.3, 0.4) is 0 Å². The fourth-order valence-electron chi connectivity index (χ4n) is 1.90. The first-order chi connectivity index (χ1) is 9.54. The van der Waals surface area contributed by atoms with Crippen molar-refractivity contribution in [1.29, 1.82) is 0 Å². The molecule has 0 aliphatic carbocycles. The average molecular weight is 310 g/mol. The van der Waals surface area contributed by atoms with Gasteiger partial charge in [0.1, 0.15) is 0 Å². The summed E-state index contributed by atoms with van der Waals surface area (Å²) >= 11 is 12.4. The van der Waals surface area contributed by atoms with Crippen LogP contribution in [0.15, 0.2) is 36.4 Å². The second-order valence-corrected chi connectivity index (χ2v) is 5.01. The standard InChI is InChI=1S/C15H13Cl2NO2/c1-2-9-7-8-11(16)14(13(9)17)18-12-6-4-3-5-10(12)15(19)20/h3-8,18H,2H2,1H3,(H,19,20). The minimum absolute atomic E-state index is 0.168. The van der Waals surface area contributed by atoms with Gasteiger partial charge in [-0.2, -0.15) is 0 Å². The predicted octanol–water partition coefficient (Wildman–Crippen LogP) is 5.00. The highest BCUT2D eigenvalue weighted by Crippen LogP contribution is 2.36. The molecule has 0 aromatic heterocycles. The molecule has 104 valence electrons. The van der Waals surface area contributed by atoms with Crippen LogP contribution in [0.25, 0.3) is 0 Å². The summed E-state index contributed by atoms with van der Waals surface area (Å²) in [6.07, 6.45) is 0.769. The number of carboxylic acids is 1. The van der Waals surface area contributed by atoms with Gasteiger partial charge in [0.25, 0.3) is 0 Å². The van der Waals surface area contributed by atoms with E-state index in [1.807, 2.05) is 13.0 Å². The van der Waals surface area contributed by atoms with Crippen LogP contribution < -0.4 is 5.32 Å². The number of aryl methyl sites for hydroxylation is 1. The summed E-state index contributed by atoms with van der Waals surface area (Å²) in [4.78, 5) is 11.2. The maximum Gasteiger partial charge on any atom is 0.337 e. The molecule has 2 aromatic rings. The lowest BCUT2D eigenvalue weighted by atomic mass is 10.1. The third-order valence-electron chi connectivity index (χ3n) is 2.97. The van der Waals surface area contributed by atoms with E-state index in [9.17, 15) is 9.90 Å². The molecule has 0 unspecified atom stereocenters. The maximum atomic E-state index is 11.2. The summed E-state index contributed by atoms with van der Waals surface area (Å²) < 4.78 is 0. The molecule has 3 nitrogen and oxygen atoms in total. The quantitative estimate of drug-likeness (QED) is 0.835. The van der Waals surface area contributed by atoms with E-state index in [-0.39, 0.29) is 5.56 Å². The van der Waals surface area contributed by atoms with Crippen LogP contribution in [0.1, 0.15) is 22.8 Å². The highest BCUT2D eigenvalue weighted by atomic mass is 35.5. The number of carbonyl (C=O) groups is 1. The van der Waals surface area contributed by atoms with E-state index in [2.05, 4.69) is 5.32 Å². The third-order valence-corrected chi connectivity index (χ3v) is 3.72. The Labute approximate surface area is 127 Å². The monoisotopic (exact) mass is 309 g/mol. The topological polar surface area (TPSA) is 49.3 Å². The van der Waals surface area contributed by atoms with E-state index in [0.717, 1.165) is 12.0 Å². The molecular formula is C15H13Cl2NO2. The Balaban J connectivity index is 2.48. The molecule has 2 N–H and O–H groups in total. The second kappa shape index (κ2) is 6.16. The zero-order valence-electron chi connectivity index (χ0n) is 10.8. The van der Waals surface area contributed by atoms with Crippen LogP contribution in [-0.4, -0.2) is 11.1 Å². The molecule has 0 spiro atoms. The Bertz CT molecular complexity index is 656. The van der Waals surface area contributed by atoms with Crippen molar-refractivity contribution in [1.82, 2.24) is 0 Å². The zero-order valence-corrected chi connectivity index (χ0v) is 12.3. The molecule has 20 heavy (non-hydrogen) atoms. The lowest BCUT2D eigenvalue weighted by Gasteiger charge is -2.14. The lowest BCUT2D eigenvalue weighted by Crippen LogP contribution is -2.03. The van der Waals surface area contributed by atoms with Crippen LogP contribution in [-0.2, 0) is 6.42 Å². The van der Waals surface area contributed by atoms with Gasteiger partial charge in [-0.15, -0.1) is 0 Å². The average Bonchev–Trinajstić information content (AvgIpc) is 2.44. The molecule has 0 radical (unpaired) electrons. The van der Waals surface area contributed by atoms with Crippen LogP contribution in [0.4, 0.5) is 11.4 Å². The van der Waals surface area contributed by atoms with Crippen molar-refractivity contribution in [3.8, 4) is 0 Å². The van der Waals surface area contributed by atoms with Gasteiger partial charge in [0.2, 0.25) is 0 Å². The third kappa shape index (κ3) is 2.89. The van der Waals surface area contributed by atoms with Crippen molar-refractivity contribution in [2.75, 3.05) is 5.32 Å². The molecule has 0 atom stereocenters. The number of aromatic carboxylic acids is 1. The fraction of sp³-hybridized carbons (Fsp3) is 0.133. The summed E-state index contributed by atoms with van der Waals surface area (Å²) in [6, 6.07) is 10.2. The SMILES string of the molecule is CCc1ccc(Cl)c(Nc2ccccc2C(=O)O)c1Cl. The molecule has 2 rings (SSSR count). The Kier molecular flexibility index (Phi) is 4.53. The van der Waals surface area contributed by atoms with E-state index in [1.54, 1.807) is 24.3 Å². The van der Waals surface area contributed by atoms with Gasteiger partial charge >= 0.3 is 5.97 Å². The van der Waals surface area contributed by atoms with Gasteiger partial charge in [0, 0.05) is 0 Å². The van der Waals surface area contributed by atoms with Crippen molar-refractivity contribution < 1.29 is 9.90 Å². The molecular weight excluding hydrogens is 297 g/mol. The second-order valence-electron chi connectivity index (χ2n) is 4.22. The van der Waals surface area contributed by atoms with E-state index < -0.39 is 5.97 Å². The molecule has 0 bridgehead atoms. The molecule has 0 heterocycles. The summed E-state index contributed by atoms with van der Waals surface area (Å²) in [6.45, 7) is 1.99. The minimum Gasteiger partial charge on any atom is -0.478 e. The van der Waals surface area contributed by atoms with Gasteiger partial charge < -0.3 is 10.4 Å². The largest absolute Gasteiger partial charge is 0.478 e. The number of hydrogen-bond acceptors (Lipinski definition) is 2. The number of para-hydroxylation sites is 1.